The molecule has 4 aliphatic rings. The number of aromatic nitrogens is 2. The van der Waals surface area contributed by atoms with Crippen LogP contribution in [0.2, 0.25) is 0 Å². The third-order valence-corrected chi connectivity index (χ3v) is 13.6. The molecule has 57 heavy (non-hydrogen) atoms. The first-order chi connectivity index (χ1) is 26.6. The Hall–Kier alpha value is -4.67. The molecule has 3 heterocycles. The molecule has 312 valence electrons. The number of nitrogens with one attached hydrogen (secondary N) is 3. The van der Waals surface area contributed by atoms with Gasteiger partial charge in [-0.3, -0.25) is 19.1 Å². The second kappa shape index (κ2) is 15.6. The van der Waals surface area contributed by atoms with Gasteiger partial charge in [0.15, 0.2) is 0 Å². The van der Waals surface area contributed by atoms with Crippen molar-refractivity contribution in [3.8, 4) is 11.6 Å². The smallest absolute Gasteiger partial charge is 0.408 e. The number of nitrogens with zero attached hydrogens (tertiary/aromatic N) is 4. The number of methoxy groups -OCH3 is 1. The summed E-state index contributed by atoms with van der Waals surface area (Å²) in [6, 6.07) is 3.07. The molecule has 4 amide bonds. The first kappa shape index (κ1) is 41.9. The van der Waals surface area contributed by atoms with Gasteiger partial charge in [0.25, 0.3) is 5.91 Å². The monoisotopic (exact) mass is 811 g/mol. The summed E-state index contributed by atoms with van der Waals surface area (Å²) in [5, 5.41) is 6.31. The van der Waals surface area contributed by atoms with Crippen LogP contribution in [0.3, 0.4) is 0 Å². The zero-order valence-electron chi connectivity index (χ0n) is 34.4. The summed E-state index contributed by atoms with van der Waals surface area (Å²) in [4.78, 5) is 69.1. The molecule has 2 aromatic rings. The van der Waals surface area contributed by atoms with E-state index in [4.69, 9.17) is 14.2 Å². The molecule has 0 radical (unpaired) electrons. The average molecular weight is 812 g/mol. The van der Waals surface area contributed by atoms with E-state index < -0.39 is 73.8 Å². The van der Waals surface area contributed by atoms with Crippen molar-refractivity contribution in [1.82, 2.24) is 30.2 Å². The number of hydrogen-bond acceptors (Lipinski definition) is 12. The Morgan fingerprint density at radius 3 is 2.46 bits per heavy atom. The molecular weight excluding hydrogens is 755 g/mol. The normalized spacial score (nSPS) is 29.4. The maximum atomic E-state index is 14.9. The molecule has 2 saturated carbocycles. The van der Waals surface area contributed by atoms with Crippen molar-refractivity contribution in [1.29, 1.82) is 0 Å². The summed E-state index contributed by atoms with van der Waals surface area (Å²) in [5.41, 5.74) is -1.82. The molecule has 0 bridgehead atoms. The van der Waals surface area contributed by atoms with E-state index >= 15 is 0 Å². The lowest BCUT2D eigenvalue weighted by Gasteiger charge is -2.33. The fourth-order valence-electron chi connectivity index (χ4n) is 7.67. The lowest BCUT2D eigenvalue weighted by Crippen LogP contribution is -2.59. The van der Waals surface area contributed by atoms with Gasteiger partial charge in [0, 0.05) is 32.5 Å². The van der Waals surface area contributed by atoms with Crippen LogP contribution in [-0.2, 0) is 29.1 Å². The second-order valence-electron chi connectivity index (χ2n) is 17.7. The summed E-state index contributed by atoms with van der Waals surface area (Å²) in [6.45, 7) is 10.7. The van der Waals surface area contributed by atoms with Gasteiger partial charge in [-0.05, 0) is 90.2 Å². The van der Waals surface area contributed by atoms with E-state index in [0.29, 0.717) is 48.3 Å². The number of fused-ring (bicyclic) bond motifs is 3. The lowest BCUT2D eigenvalue weighted by atomic mass is 9.88. The van der Waals surface area contributed by atoms with Gasteiger partial charge in [-0.15, -0.1) is 0 Å². The minimum absolute atomic E-state index is 0.00897. The van der Waals surface area contributed by atoms with Crippen molar-refractivity contribution < 1.29 is 41.8 Å². The van der Waals surface area contributed by atoms with Gasteiger partial charge < -0.3 is 34.6 Å². The van der Waals surface area contributed by atoms with Crippen LogP contribution in [0.15, 0.2) is 30.4 Å². The summed E-state index contributed by atoms with van der Waals surface area (Å²) in [7, 11) is 1.13. The topological polar surface area (TPSA) is 198 Å². The number of benzene rings is 1. The van der Waals surface area contributed by atoms with Crippen LogP contribution >= 0.6 is 0 Å². The highest BCUT2D eigenvalue weighted by Gasteiger charge is 2.63. The molecule has 1 saturated heterocycles. The number of amides is 4. The quantitative estimate of drug-likeness (QED) is 0.326. The largest absolute Gasteiger partial charge is 0.497 e. The number of sulfonamides is 1. The van der Waals surface area contributed by atoms with Crippen molar-refractivity contribution >= 4 is 50.7 Å². The molecule has 3 N–H and O–H groups in total. The SMILES string of the molecule is COc1ccc2c(O[C@@H]3C[C@H]4C(=O)N[C@]5(C(=O)NS(=O)(=O)C6(C)CC6)C[C@H]5/C=C\CC[C@H](C)C[C@@H](C)[C@H](NC(=O)OC(C)(C)C)C(=O)N4C3)nc(N(C)C)nc2c1. The Balaban J connectivity index is 1.37. The standard InChI is InChI=1S/C40H57N7O9S/c1-23-12-10-11-13-25-21-40(25,35(50)45-57(52,53)39(6)16-17-39)44-32(48)30-20-27(22-47(30)34(49)31(24(2)18-23)42-37(51)56-38(3,4)5)55-33-28-15-14-26(54-9)19-29(28)41-36(43-33)46(7)8/h11,13-15,19,23-25,27,30-31H,10,12,16-18,20-22H2,1-9H3,(H,42,51)(H,44,48)(H,45,50)/b13-11-/t23-,24+,25+,27+,30-,31-,40+/m0/s1. The highest BCUT2D eigenvalue weighted by Crippen LogP contribution is 2.47. The third-order valence-electron chi connectivity index (χ3n) is 11.5. The molecule has 3 fully saturated rings. The Kier molecular flexibility index (Phi) is 11.5. The third kappa shape index (κ3) is 9.07. The van der Waals surface area contributed by atoms with Crippen molar-refractivity contribution in [3.05, 3.63) is 30.4 Å². The molecule has 1 aromatic carbocycles. The number of hydrogen-bond donors (Lipinski definition) is 3. The van der Waals surface area contributed by atoms with Gasteiger partial charge in [-0.25, -0.2) is 18.2 Å². The van der Waals surface area contributed by atoms with Gasteiger partial charge >= 0.3 is 6.09 Å². The molecule has 7 atom stereocenters. The minimum Gasteiger partial charge on any atom is -0.497 e. The number of allylic oxidation sites excluding steroid dienone is 1. The fourth-order valence-corrected chi connectivity index (χ4v) is 8.99. The van der Waals surface area contributed by atoms with Crippen LogP contribution < -0.4 is 29.7 Å². The molecule has 6 rings (SSSR count). The number of carbonyl (C=O) groups is 4. The Labute approximate surface area is 334 Å². The molecule has 0 spiro atoms. The predicted molar refractivity (Wildman–Crippen MR) is 213 cm³/mol. The van der Waals surface area contributed by atoms with E-state index in [9.17, 15) is 27.6 Å². The first-order valence-corrected chi connectivity index (χ1v) is 21.2. The predicted octanol–water partition coefficient (Wildman–Crippen LogP) is 3.83. The summed E-state index contributed by atoms with van der Waals surface area (Å²) in [6.07, 6.45) is 5.37. The van der Waals surface area contributed by atoms with Crippen LogP contribution in [0, 0.1) is 17.8 Å². The highest BCUT2D eigenvalue weighted by molar-refractivity contribution is 7.91. The second-order valence-corrected chi connectivity index (χ2v) is 19.9. The fraction of sp³-hybridized carbons (Fsp3) is 0.650. The minimum atomic E-state index is -4.01. The molecule has 16 nitrogen and oxygen atoms in total. The Morgan fingerprint density at radius 2 is 1.81 bits per heavy atom. The van der Waals surface area contributed by atoms with Gasteiger partial charge in [0.05, 0.1) is 29.3 Å². The Morgan fingerprint density at radius 1 is 1.09 bits per heavy atom. The number of alkyl carbamates (subject to hydrolysis) is 1. The van der Waals surface area contributed by atoms with Gasteiger partial charge in [-0.1, -0.05) is 26.0 Å². The molecule has 2 aliphatic heterocycles. The van der Waals surface area contributed by atoms with Crippen molar-refractivity contribution in [2.45, 2.75) is 121 Å². The van der Waals surface area contributed by atoms with E-state index in [1.54, 1.807) is 72.0 Å². The van der Waals surface area contributed by atoms with Crippen LogP contribution in [0.4, 0.5) is 10.7 Å². The maximum absolute atomic E-state index is 14.9. The van der Waals surface area contributed by atoms with Crippen molar-refractivity contribution in [2.24, 2.45) is 17.8 Å². The van der Waals surface area contributed by atoms with Crippen LogP contribution in [0.25, 0.3) is 10.9 Å². The zero-order chi connectivity index (χ0) is 41.7. The molecular formula is C40H57N7O9S. The van der Waals surface area contributed by atoms with Crippen LogP contribution in [0.5, 0.6) is 11.6 Å². The van der Waals surface area contributed by atoms with E-state index in [0.717, 1.165) is 6.42 Å². The van der Waals surface area contributed by atoms with E-state index in [2.05, 4.69) is 32.2 Å². The first-order valence-electron chi connectivity index (χ1n) is 19.7. The zero-order valence-corrected chi connectivity index (χ0v) is 35.2. The summed E-state index contributed by atoms with van der Waals surface area (Å²) in [5.74, 6) is -1.46. The van der Waals surface area contributed by atoms with Crippen molar-refractivity contribution in [3.63, 3.8) is 0 Å². The Bertz CT molecular complexity index is 2050. The van der Waals surface area contributed by atoms with Crippen LogP contribution in [-0.4, -0.2) is 109 Å². The average Bonchev–Trinajstić information content (AvgIpc) is 4.00. The van der Waals surface area contributed by atoms with E-state index in [1.807, 2.05) is 19.1 Å². The molecule has 17 heteroatoms. The summed E-state index contributed by atoms with van der Waals surface area (Å²) < 4.78 is 45.3. The van der Waals surface area contributed by atoms with Crippen LogP contribution in [0.1, 0.15) is 86.5 Å². The number of anilines is 1. The van der Waals surface area contributed by atoms with Gasteiger partial charge in [0.1, 0.15) is 35.1 Å². The lowest BCUT2D eigenvalue weighted by molar-refractivity contribution is -0.142. The van der Waals surface area contributed by atoms with E-state index in [1.165, 1.54) is 4.90 Å². The number of rotatable bonds is 8. The van der Waals surface area contributed by atoms with Gasteiger partial charge in [0.2, 0.25) is 33.7 Å². The molecule has 2 aliphatic carbocycles. The van der Waals surface area contributed by atoms with Gasteiger partial charge in [-0.2, -0.15) is 4.98 Å². The number of ether oxygens (including phenoxy) is 3. The number of carbonyl (C=O) groups excluding carboxylic acids is 4. The molecule has 0 unspecified atom stereocenters. The van der Waals surface area contributed by atoms with Crippen molar-refractivity contribution in [2.75, 3.05) is 32.6 Å². The summed E-state index contributed by atoms with van der Waals surface area (Å²) >= 11 is 0. The maximum Gasteiger partial charge on any atom is 0.408 e. The molecule has 1 aromatic heterocycles. The highest BCUT2D eigenvalue weighted by atomic mass is 32.2. The van der Waals surface area contributed by atoms with E-state index in [-0.39, 0.29) is 37.1 Å².